The fourth-order valence-corrected chi connectivity index (χ4v) is 3.46. The first-order chi connectivity index (χ1) is 13.5. The van der Waals surface area contributed by atoms with Crippen molar-refractivity contribution >= 4 is 5.97 Å². The van der Waals surface area contributed by atoms with E-state index >= 15 is 0 Å². The first-order valence-corrected chi connectivity index (χ1v) is 9.58. The second-order valence-corrected chi connectivity index (χ2v) is 7.45. The van der Waals surface area contributed by atoms with Crippen LogP contribution < -0.4 is 4.74 Å². The summed E-state index contributed by atoms with van der Waals surface area (Å²) in [4.78, 5) is 11.7. The van der Waals surface area contributed by atoms with Gasteiger partial charge in [-0.1, -0.05) is 68.4 Å². The minimum absolute atomic E-state index is 0.0294. The Kier molecular flexibility index (Phi) is 6.15. The molecule has 0 bridgehead atoms. The normalized spacial score (nSPS) is 12.0. The molecule has 28 heavy (non-hydrogen) atoms. The van der Waals surface area contributed by atoms with Crippen LogP contribution in [-0.2, 0) is 11.2 Å². The molecule has 144 valence electrons. The van der Waals surface area contributed by atoms with Crippen LogP contribution in [0.3, 0.4) is 0 Å². The third-order valence-electron chi connectivity index (χ3n) is 4.99. The zero-order valence-electron chi connectivity index (χ0n) is 16.6. The van der Waals surface area contributed by atoms with Crippen LogP contribution in [0, 0.1) is 12.8 Å². The van der Waals surface area contributed by atoms with E-state index in [2.05, 4.69) is 13.0 Å². The number of hydrogen-bond donors (Lipinski definition) is 1. The van der Waals surface area contributed by atoms with Gasteiger partial charge in [0.05, 0.1) is 5.92 Å². The van der Waals surface area contributed by atoms with E-state index < -0.39 is 11.9 Å². The van der Waals surface area contributed by atoms with Gasteiger partial charge in [-0.2, -0.15) is 0 Å². The van der Waals surface area contributed by atoms with Crippen molar-refractivity contribution in [2.75, 3.05) is 0 Å². The van der Waals surface area contributed by atoms with E-state index in [1.165, 1.54) is 0 Å². The molecule has 3 aromatic carbocycles. The lowest BCUT2D eigenvalue weighted by Crippen LogP contribution is -2.17. The van der Waals surface area contributed by atoms with Crippen molar-refractivity contribution in [1.82, 2.24) is 0 Å². The topological polar surface area (TPSA) is 46.5 Å². The molecule has 0 fully saturated rings. The zero-order chi connectivity index (χ0) is 20.1. The van der Waals surface area contributed by atoms with Crippen LogP contribution in [0.5, 0.6) is 11.5 Å². The van der Waals surface area contributed by atoms with E-state index in [9.17, 15) is 9.90 Å². The lowest BCUT2D eigenvalue weighted by atomic mass is 9.86. The molecule has 0 spiro atoms. The van der Waals surface area contributed by atoms with Crippen LogP contribution in [-0.4, -0.2) is 11.1 Å². The summed E-state index contributed by atoms with van der Waals surface area (Å²) in [5.41, 5.74) is 4.19. The van der Waals surface area contributed by atoms with Crippen LogP contribution in [0.25, 0.3) is 0 Å². The predicted octanol–water partition coefficient (Wildman–Crippen LogP) is 6.20. The number of carbonyl (C=O) groups is 1. The summed E-state index contributed by atoms with van der Waals surface area (Å²) in [6, 6.07) is 23.7. The van der Waals surface area contributed by atoms with Gasteiger partial charge in [0.1, 0.15) is 11.5 Å². The van der Waals surface area contributed by atoms with Gasteiger partial charge in [-0.25, -0.2) is 0 Å². The number of carboxylic acid groups (broad SMARTS) is 1. The molecule has 3 rings (SSSR count). The maximum absolute atomic E-state index is 11.7. The monoisotopic (exact) mass is 374 g/mol. The van der Waals surface area contributed by atoms with Gasteiger partial charge in [-0.3, -0.25) is 4.79 Å². The van der Waals surface area contributed by atoms with E-state index in [4.69, 9.17) is 4.74 Å². The number of ether oxygens (including phenoxy) is 1. The van der Waals surface area contributed by atoms with Crippen molar-refractivity contribution in [2.45, 2.75) is 33.1 Å². The zero-order valence-corrected chi connectivity index (χ0v) is 16.6. The molecule has 0 heterocycles. The summed E-state index contributed by atoms with van der Waals surface area (Å²) in [5.74, 6) is 0.359. The molecule has 1 unspecified atom stereocenters. The Labute approximate surface area is 166 Å². The molecule has 0 aromatic heterocycles. The predicted molar refractivity (Wildman–Crippen MR) is 112 cm³/mol. The Morgan fingerprint density at radius 3 is 2.29 bits per heavy atom. The average Bonchev–Trinajstić information content (AvgIpc) is 2.66. The molecule has 0 saturated carbocycles. The van der Waals surface area contributed by atoms with Crippen LogP contribution in [0.2, 0.25) is 0 Å². The Bertz CT molecular complexity index is 945. The summed E-state index contributed by atoms with van der Waals surface area (Å²) >= 11 is 0. The van der Waals surface area contributed by atoms with Crippen LogP contribution >= 0.6 is 0 Å². The third-order valence-corrected chi connectivity index (χ3v) is 4.99. The standard InChI is InChI=1S/C25H26O3/c1-17(2)24(25(26)27)20-14-13-18(3)21(16-20)15-19-9-7-8-12-23(19)28-22-10-5-4-6-11-22/h4-14,16-17,24H,15H2,1-3H3,(H,26,27). The SMILES string of the molecule is Cc1ccc(C(C(=O)O)C(C)C)cc1Cc1ccccc1Oc1ccccc1. The highest BCUT2D eigenvalue weighted by molar-refractivity contribution is 5.76. The van der Waals surface area contributed by atoms with Gasteiger partial charge < -0.3 is 9.84 Å². The Morgan fingerprint density at radius 1 is 0.929 bits per heavy atom. The first kappa shape index (κ1) is 19.7. The van der Waals surface area contributed by atoms with Gasteiger partial charge in [-0.05, 0) is 53.3 Å². The molecule has 0 radical (unpaired) electrons. The molecule has 3 aromatic rings. The fraction of sp³-hybridized carbons (Fsp3) is 0.240. The number of aliphatic carboxylic acids is 1. The molecule has 0 aliphatic heterocycles. The Hall–Kier alpha value is -3.07. The van der Waals surface area contributed by atoms with E-state index in [0.717, 1.165) is 33.8 Å². The van der Waals surface area contributed by atoms with Gasteiger partial charge >= 0.3 is 5.97 Å². The molecule has 0 saturated heterocycles. The van der Waals surface area contributed by atoms with Gasteiger partial charge in [0.2, 0.25) is 0 Å². The van der Waals surface area contributed by atoms with Gasteiger partial charge in [0.25, 0.3) is 0 Å². The number of rotatable bonds is 7. The Morgan fingerprint density at radius 2 is 1.61 bits per heavy atom. The summed E-state index contributed by atoms with van der Waals surface area (Å²) in [6.45, 7) is 5.95. The summed E-state index contributed by atoms with van der Waals surface area (Å²) in [5, 5.41) is 9.64. The van der Waals surface area contributed by atoms with Crippen molar-refractivity contribution in [1.29, 1.82) is 0 Å². The van der Waals surface area contributed by atoms with Gasteiger partial charge in [0.15, 0.2) is 0 Å². The molecule has 3 heteroatoms. The quantitative estimate of drug-likeness (QED) is 0.535. The number of hydrogen-bond acceptors (Lipinski definition) is 2. The maximum Gasteiger partial charge on any atom is 0.311 e. The molecule has 3 nitrogen and oxygen atoms in total. The van der Waals surface area contributed by atoms with Crippen molar-refractivity contribution < 1.29 is 14.6 Å². The van der Waals surface area contributed by atoms with Crippen LogP contribution in [0.4, 0.5) is 0 Å². The van der Waals surface area contributed by atoms with Crippen LogP contribution in [0.1, 0.15) is 42.0 Å². The minimum atomic E-state index is -0.780. The average molecular weight is 374 g/mol. The Balaban J connectivity index is 1.92. The van der Waals surface area contributed by atoms with E-state index in [0.29, 0.717) is 6.42 Å². The first-order valence-electron chi connectivity index (χ1n) is 9.58. The smallest absolute Gasteiger partial charge is 0.311 e. The largest absolute Gasteiger partial charge is 0.481 e. The molecule has 0 amide bonds. The fourth-order valence-electron chi connectivity index (χ4n) is 3.46. The number of benzene rings is 3. The van der Waals surface area contributed by atoms with E-state index in [1.54, 1.807) is 0 Å². The molecule has 0 aliphatic carbocycles. The van der Waals surface area contributed by atoms with E-state index in [-0.39, 0.29) is 5.92 Å². The molecular weight excluding hydrogens is 348 g/mol. The lowest BCUT2D eigenvalue weighted by molar-refractivity contribution is -0.139. The molecule has 0 aliphatic rings. The highest BCUT2D eigenvalue weighted by atomic mass is 16.5. The van der Waals surface area contributed by atoms with E-state index in [1.807, 2.05) is 80.6 Å². The van der Waals surface area contributed by atoms with Crippen molar-refractivity contribution in [3.05, 3.63) is 95.1 Å². The number of para-hydroxylation sites is 2. The molecular formula is C25H26O3. The molecule has 1 atom stereocenters. The van der Waals surface area contributed by atoms with Gasteiger partial charge in [0, 0.05) is 6.42 Å². The summed E-state index contributed by atoms with van der Waals surface area (Å²) < 4.78 is 6.08. The van der Waals surface area contributed by atoms with Crippen molar-refractivity contribution in [3.8, 4) is 11.5 Å². The lowest BCUT2D eigenvalue weighted by Gasteiger charge is -2.19. The number of aryl methyl sites for hydroxylation is 1. The number of carboxylic acids is 1. The maximum atomic E-state index is 11.7. The minimum Gasteiger partial charge on any atom is -0.481 e. The third kappa shape index (κ3) is 4.61. The second-order valence-electron chi connectivity index (χ2n) is 7.45. The molecule has 1 N–H and O–H groups in total. The highest BCUT2D eigenvalue weighted by Crippen LogP contribution is 2.30. The highest BCUT2D eigenvalue weighted by Gasteiger charge is 2.24. The van der Waals surface area contributed by atoms with Crippen molar-refractivity contribution in [3.63, 3.8) is 0 Å². The summed E-state index contributed by atoms with van der Waals surface area (Å²) in [6.07, 6.45) is 0.688. The van der Waals surface area contributed by atoms with Crippen LogP contribution in [0.15, 0.2) is 72.8 Å². The second kappa shape index (κ2) is 8.75. The van der Waals surface area contributed by atoms with Crippen molar-refractivity contribution in [2.24, 2.45) is 5.92 Å². The summed E-state index contributed by atoms with van der Waals surface area (Å²) in [7, 11) is 0. The van der Waals surface area contributed by atoms with Gasteiger partial charge in [-0.15, -0.1) is 0 Å².